The van der Waals surface area contributed by atoms with E-state index < -0.39 is 6.10 Å². The summed E-state index contributed by atoms with van der Waals surface area (Å²) in [7, 11) is 0. The third kappa shape index (κ3) is 1.92. The summed E-state index contributed by atoms with van der Waals surface area (Å²) in [5, 5.41) is 10.8. The predicted molar refractivity (Wildman–Crippen MR) is 65.0 cm³/mol. The fourth-order valence-electron chi connectivity index (χ4n) is 2.29. The quantitative estimate of drug-likeness (QED) is 0.854. The van der Waals surface area contributed by atoms with Crippen LogP contribution in [0.2, 0.25) is 5.02 Å². The van der Waals surface area contributed by atoms with E-state index in [9.17, 15) is 5.11 Å². The number of ether oxygens (including phenoxy) is 1. The van der Waals surface area contributed by atoms with Gasteiger partial charge < -0.3 is 9.84 Å². The summed E-state index contributed by atoms with van der Waals surface area (Å²) in [6.07, 6.45) is 1.99. The van der Waals surface area contributed by atoms with Gasteiger partial charge in [0.25, 0.3) is 0 Å². The Kier molecular flexibility index (Phi) is 3.13. The first kappa shape index (κ1) is 11.7. The van der Waals surface area contributed by atoms with Crippen LogP contribution in [-0.4, -0.2) is 10.7 Å². The summed E-state index contributed by atoms with van der Waals surface area (Å²) in [6.45, 7) is 4.19. The van der Waals surface area contributed by atoms with Crippen LogP contribution in [0.4, 0.5) is 0 Å². The van der Waals surface area contributed by atoms with Gasteiger partial charge in [0.1, 0.15) is 11.4 Å². The van der Waals surface area contributed by atoms with Gasteiger partial charge in [-0.1, -0.05) is 25.4 Å². The molecule has 88 valence electrons. The molecule has 1 atom stereocenters. The van der Waals surface area contributed by atoms with E-state index in [2.05, 4.69) is 13.8 Å². The molecule has 0 saturated carbocycles. The molecule has 1 N–H and O–H groups in total. The van der Waals surface area contributed by atoms with E-state index in [1.807, 2.05) is 6.07 Å². The fourth-order valence-corrected chi connectivity index (χ4v) is 2.47. The number of hydrogen-bond donors (Lipinski definition) is 1. The molecule has 0 amide bonds. The number of aliphatic hydroxyl groups is 1. The molecule has 0 bridgehead atoms. The first-order valence-corrected chi connectivity index (χ1v) is 6.14. The second-order valence-corrected chi connectivity index (χ2v) is 4.83. The van der Waals surface area contributed by atoms with E-state index in [4.69, 9.17) is 16.3 Å². The third-order valence-electron chi connectivity index (χ3n) is 3.51. The molecule has 0 saturated heterocycles. The van der Waals surface area contributed by atoms with Crippen LogP contribution in [0.3, 0.4) is 0 Å². The van der Waals surface area contributed by atoms with Gasteiger partial charge >= 0.3 is 0 Å². The molecule has 0 spiro atoms. The van der Waals surface area contributed by atoms with Gasteiger partial charge in [-0.15, -0.1) is 0 Å². The molecule has 1 aromatic rings. The largest absolute Gasteiger partial charge is 0.487 e. The van der Waals surface area contributed by atoms with Crippen molar-refractivity contribution in [1.82, 2.24) is 0 Å². The number of aliphatic hydroxyl groups excluding tert-OH is 1. The minimum Gasteiger partial charge on any atom is -0.487 e. The number of halogens is 1. The van der Waals surface area contributed by atoms with Gasteiger partial charge in [0.05, 0.1) is 6.10 Å². The normalized spacial score (nSPS) is 22.4. The average Bonchev–Trinajstić information content (AvgIpc) is 2.30. The van der Waals surface area contributed by atoms with Crippen LogP contribution in [0.25, 0.3) is 0 Å². The Balaban J connectivity index is 2.40. The lowest BCUT2D eigenvalue weighted by Gasteiger charge is -2.39. The molecule has 3 heteroatoms. The van der Waals surface area contributed by atoms with Crippen molar-refractivity contribution in [3.63, 3.8) is 0 Å². The average molecular weight is 241 g/mol. The maximum atomic E-state index is 10.1. The van der Waals surface area contributed by atoms with Crippen LogP contribution in [0, 0.1) is 0 Å². The lowest BCUT2D eigenvalue weighted by atomic mass is 9.85. The van der Waals surface area contributed by atoms with Crippen molar-refractivity contribution in [3.05, 3.63) is 28.8 Å². The van der Waals surface area contributed by atoms with Crippen molar-refractivity contribution in [2.24, 2.45) is 0 Å². The molecule has 0 aromatic heterocycles. The Bertz CT molecular complexity index is 386. The molecule has 1 aliphatic rings. The highest BCUT2D eigenvalue weighted by atomic mass is 35.5. The molecule has 2 nitrogen and oxygen atoms in total. The maximum Gasteiger partial charge on any atom is 0.126 e. The highest BCUT2D eigenvalue weighted by molar-refractivity contribution is 6.30. The van der Waals surface area contributed by atoms with Gasteiger partial charge in [-0.2, -0.15) is 0 Å². The first-order chi connectivity index (χ1) is 7.60. The van der Waals surface area contributed by atoms with Gasteiger partial charge in [-0.25, -0.2) is 0 Å². The molecule has 1 aliphatic heterocycles. The van der Waals surface area contributed by atoms with E-state index in [0.29, 0.717) is 11.4 Å². The smallest absolute Gasteiger partial charge is 0.126 e. The van der Waals surface area contributed by atoms with Gasteiger partial charge in [-0.05, 0) is 31.0 Å². The Labute approximate surface area is 101 Å². The topological polar surface area (TPSA) is 29.5 Å². The highest BCUT2D eigenvalue weighted by Crippen LogP contribution is 2.43. The molecule has 1 aromatic carbocycles. The Morgan fingerprint density at radius 3 is 2.75 bits per heavy atom. The zero-order chi connectivity index (χ0) is 11.8. The van der Waals surface area contributed by atoms with Crippen LogP contribution in [-0.2, 0) is 0 Å². The monoisotopic (exact) mass is 240 g/mol. The van der Waals surface area contributed by atoms with E-state index in [-0.39, 0.29) is 5.60 Å². The van der Waals surface area contributed by atoms with Crippen molar-refractivity contribution in [2.75, 3.05) is 0 Å². The van der Waals surface area contributed by atoms with Crippen LogP contribution < -0.4 is 4.74 Å². The molecular formula is C13H17ClO2. The summed E-state index contributed by atoms with van der Waals surface area (Å²) in [5.41, 5.74) is 0.588. The van der Waals surface area contributed by atoms with Crippen molar-refractivity contribution in [1.29, 1.82) is 0 Å². The Morgan fingerprint density at radius 2 is 2.12 bits per heavy atom. The predicted octanol–water partition coefficient (Wildman–Crippen LogP) is 3.71. The molecule has 2 rings (SSSR count). The zero-order valence-corrected chi connectivity index (χ0v) is 10.4. The van der Waals surface area contributed by atoms with Gasteiger partial charge in [0.2, 0.25) is 0 Å². The molecule has 16 heavy (non-hydrogen) atoms. The number of fused-ring (bicyclic) bond motifs is 1. The summed E-state index contributed by atoms with van der Waals surface area (Å²) < 4.78 is 6.02. The second-order valence-electron chi connectivity index (χ2n) is 4.39. The number of rotatable bonds is 2. The number of benzene rings is 1. The minimum atomic E-state index is -0.470. The van der Waals surface area contributed by atoms with Crippen molar-refractivity contribution in [3.8, 4) is 5.75 Å². The van der Waals surface area contributed by atoms with E-state index in [0.717, 1.165) is 24.2 Å². The number of hydrogen-bond acceptors (Lipinski definition) is 2. The molecule has 1 unspecified atom stereocenters. The van der Waals surface area contributed by atoms with E-state index in [1.165, 1.54) is 0 Å². The summed E-state index contributed by atoms with van der Waals surface area (Å²) in [4.78, 5) is 0. The molecular weight excluding hydrogens is 224 g/mol. The highest BCUT2D eigenvalue weighted by Gasteiger charge is 2.37. The van der Waals surface area contributed by atoms with Crippen LogP contribution >= 0.6 is 11.6 Å². The SMILES string of the molecule is CCC1(CC)CC(O)c2cc(Cl)ccc2O1. The molecule has 0 radical (unpaired) electrons. The third-order valence-corrected chi connectivity index (χ3v) is 3.75. The van der Waals surface area contributed by atoms with Crippen LogP contribution in [0.15, 0.2) is 18.2 Å². The van der Waals surface area contributed by atoms with Crippen molar-refractivity contribution < 1.29 is 9.84 Å². The summed E-state index contributed by atoms with van der Waals surface area (Å²) in [5.74, 6) is 0.770. The molecule has 0 aliphatic carbocycles. The lowest BCUT2D eigenvalue weighted by molar-refractivity contribution is -0.0195. The first-order valence-electron chi connectivity index (χ1n) is 5.77. The van der Waals surface area contributed by atoms with Gasteiger partial charge in [-0.3, -0.25) is 0 Å². The standard InChI is InChI=1S/C13H17ClO2/c1-3-13(4-2)8-11(15)10-7-9(14)5-6-12(10)16-13/h5-7,11,15H,3-4,8H2,1-2H3. The molecule has 1 heterocycles. The Hall–Kier alpha value is -0.730. The Morgan fingerprint density at radius 1 is 1.44 bits per heavy atom. The van der Waals surface area contributed by atoms with Gasteiger partial charge in [0.15, 0.2) is 0 Å². The molecule has 0 fully saturated rings. The lowest BCUT2D eigenvalue weighted by Crippen LogP contribution is -2.39. The maximum absolute atomic E-state index is 10.1. The van der Waals surface area contributed by atoms with E-state index >= 15 is 0 Å². The van der Waals surface area contributed by atoms with Crippen LogP contribution in [0.1, 0.15) is 44.8 Å². The van der Waals surface area contributed by atoms with Crippen molar-refractivity contribution >= 4 is 11.6 Å². The fraction of sp³-hybridized carbons (Fsp3) is 0.538. The summed E-state index contributed by atoms with van der Waals surface area (Å²) >= 11 is 5.91. The van der Waals surface area contributed by atoms with Crippen LogP contribution in [0.5, 0.6) is 5.75 Å². The second kappa shape index (κ2) is 4.27. The zero-order valence-electron chi connectivity index (χ0n) is 9.66. The van der Waals surface area contributed by atoms with Gasteiger partial charge in [0, 0.05) is 17.0 Å². The van der Waals surface area contributed by atoms with Crippen molar-refractivity contribution in [2.45, 2.75) is 44.8 Å². The van der Waals surface area contributed by atoms with E-state index in [1.54, 1.807) is 12.1 Å². The minimum absolute atomic E-state index is 0.222. The summed E-state index contributed by atoms with van der Waals surface area (Å²) in [6, 6.07) is 5.44.